The minimum Gasteiger partial charge on any atom is -0.466 e. The molecule has 0 aliphatic carbocycles. The number of rotatable bonds is 4. The molecule has 0 unspecified atom stereocenters. The van der Waals surface area contributed by atoms with Crippen LogP contribution in [0.2, 0.25) is 0 Å². The van der Waals surface area contributed by atoms with E-state index in [1.165, 1.54) is 6.07 Å². The predicted molar refractivity (Wildman–Crippen MR) is 78.7 cm³/mol. The first-order chi connectivity index (χ1) is 9.58. The van der Waals surface area contributed by atoms with E-state index in [0.717, 1.165) is 29.4 Å². The zero-order chi connectivity index (χ0) is 14.5. The second kappa shape index (κ2) is 7.18. The summed E-state index contributed by atoms with van der Waals surface area (Å²) < 4.78 is 19.2. The normalized spacial score (nSPS) is 19.9. The molecular formula is C15H19BrFNO2. The third kappa shape index (κ3) is 4.28. The number of carbonyl (C=O) groups excluding carboxylic acids is 1. The van der Waals surface area contributed by atoms with Crippen molar-refractivity contribution in [3.05, 3.63) is 34.1 Å². The van der Waals surface area contributed by atoms with Crippen molar-refractivity contribution in [1.29, 1.82) is 0 Å². The molecule has 1 aliphatic heterocycles. The first kappa shape index (κ1) is 15.4. The molecule has 20 heavy (non-hydrogen) atoms. The van der Waals surface area contributed by atoms with Gasteiger partial charge in [0.25, 0.3) is 0 Å². The minimum atomic E-state index is -0.242. The van der Waals surface area contributed by atoms with Crippen LogP contribution in [-0.2, 0) is 16.1 Å². The van der Waals surface area contributed by atoms with Crippen LogP contribution in [0.1, 0.15) is 25.3 Å². The highest BCUT2D eigenvalue weighted by molar-refractivity contribution is 9.10. The van der Waals surface area contributed by atoms with E-state index in [-0.39, 0.29) is 17.7 Å². The Hall–Kier alpha value is -0.940. The molecule has 0 bridgehead atoms. The van der Waals surface area contributed by atoms with Gasteiger partial charge in [0.15, 0.2) is 0 Å². The van der Waals surface area contributed by atoms with Crippen LogP contribution in [-0.4, -0.2) is 30.6 Å². The number of piperidine rings is 1. The van der Waals surface area contributed by atoms with Gasteiger partial charge in [-0.05, 0) is 50.1 Å². The molecule has 0 aromatic heterocycles. The Morgan fingerprint density at radius 3 is 3.00 bits per heavy atom. The van der Waals surface area contributed by atoms with Gasteiger partial charge in [0.05, 0.1) is 12.5 Å². The van der Waals surface area contributed by atoms with E-state index in [9.17, 15) is 9.18 Å². The summed E-state index contributed by atoms with van der Waals surface area (Å²) >= 11 is 3.30. The molecule has 110 valence electrons. The molecule has 0 saturated carbocycles. The number of carbonyl (C=O) groups is 1. The maximum atomic E-state index is 13.4. The van der Waals surface area contributed by atoms with Crippen molar-refractivity contribution in [2.75, 3.05) is 19.7 Å². The third-order valence-electron chi connectivity index (χ3n) is 3.45. The number of benzene rings is 1. The summed E-state index contributed by atoms with van der Waals surface area (Å²) in [7, 11) is 0. The highest BCUT2D eigenvalue weighted by Crippen LogP contribution is 2.21. The van der Waals surface area contributed by atoms with Gasteiger partial charge in [-0.15, -0.1) is 0 Å². The standard InChI is InChI=1S/C15H19BrFNO2/c1-2-20-15(19)12-4-3-5-18(10-12)9-11-6-13(16)8-14(17)7-11/h6-8,12H,2-5,9-10H2,1H3/t12-/m1/s1. The summed E-state index contributed by atoms with van der Waals surface area (Å²) in [6.07, 6.45) is 1.85. The number of ether oxygens (including phenoxy) is 1. The van der Waals surface area contributed by atoms with Gasteiger partial charge in [-0.25, -0.2) is 4.39 Å². The average Bonchev–Trinajstić information content (AvgIpc) is 2.38. The van der Waals surface area contributed by atoms with Crippen molar-refractivity contribution in [2.45, 2.75) is 26.3 Å². The number of hydrogen-bond donors (Lipinski definition) is 0. The van der Waals surface area contributed by atoms with Gasteiger partial charge >= 0.3 is 5.97 Å². The molecule has 0 N–H and O–H groups in total. The summed E-state index contributed by atoms with van der Waals surface area (Å²) in [5.41, 5.74) is 0.918. The van der Waals surface area contributed by atoms with E-state index in [4.69, 9.17) is 4.74 Å². The summed E-state index contributed by atoms with van der Waals surface area (Å²) in [4.78, 5) is 14.0. The van der Waals surface area contributed by atoms with Gasteiger partial charge in [-0.3, -0.25) is 9.69 Å². The smallest absolute Gasteiger partial charge is 0.310 e. The van der Waals surface area contributed by atoms with E-state index < -0.39 is 0 Å². The number of esters is 1. The minimum absolute atomic E-state index is 0.0549. The Kier molecular flexibility index (Phi) is 5.54. The third-order valence-corrected chi connectivity index (χ3v) is 3.91. The van der Waals surface area contributed by atoms with E-state index in [2.05, 4.69) is 20.8 Å². The Bertz CT molecular complexity index is 461. The molecule has 1 aromatic rings. The monoisotopic (exact) mass is 343 g/mol. The second-order valence-electron chi connectivity index (χ2n) is 5.10. The lowest BCUT2D eigenvalue weighted by atomic mass is 9.98. The molecular weight excluding hydrogens is 325 g/mol. The summed E-state index contributed by atoms with van der Waals surface area (Å²) in [5, 5.41) is 0. The summed E-state index contributed by atoms with van der Waals surface area (Å²) in [5.74, 6) is -0.411. The molecule has 1 heterocycles. The fourth-order valence-electron chi connectivity index (χ4n) is 2.61. The van der Waals surface area contributed by atoms with Crippen LogP contribution in [0, 0.1) is 11.7 Å². The van der Waals surface area contributed by atoms with Gasteiger partial charge in [-0.2, -0.15) is 0 Å². The summed E-state index contributed by atoms with van der Waals surface area (Å²) in [6, 6.07) is 4.90. The fraction of sp³-hybridized carbons (Fsp3) is 0.533. The lowest BCUT2D eigenvalue weighted by Crippen LogP contribution is -2.38. The lowest BCUT2D eigenvalue weighted by Gasteiger charge is -2.31. The van der Waals surface area contributed by atoms with Crippen molar-refractivity contribution < 1.29 is 13.9 Å². The van der Waals surface area contributed by atoms with Gasteiger partial charge < -0.3 is 4.74 Å². The van der Waals surface area contributed by atoms with Gasteiger partial charge in [0.1, 0.15) is 5.82 Å². The van der Waals surface area contributed by atoms with Crippen molar-refractivity contribution in [1.82, 2.24) is 4.90 Å². The first-order valence-electron chi connectivity index (χ1n) is 6.92. The van der Waals surface area contributed by atoms with Crippen LogP contribution in [0.5, 0.6) is 0 Å². The molecule has 0 spiro atoms. The van der Waals surface area contributed by atoms with Crippen molar-refractivity contribution in [3.63, 3.8) is 0 Å². The van der Waals surface area contributed by atoms with E-state index in [0.29, 0.717) is 19.7 Å². The lowest BCUT2D eigenvalue weighted by molar-refractivity contribution is -0.150. The molecule has 1 fully saturated rings. The molecule has 1 atom stereocenters. The Morgan fingerprint density at radius 2 is 2.30 bits per heavy atom. The van der Waals surface area contributed by atoms with Crippen LogP contribution in [0.3, 0.4) is 0 Å². The second-order valence-corrected chi connectivity index (χ2v) is 6.02. The average molecular weight is 344 g/mol. The number of halogens is 2. The van der Waals surface area contributed by atoms with Crippen LogP contribution >= 0.6 is 15.9 Å². The zero-order valence-corrected chi connectivity index (χ0v) is 13.2. The molecule has 0 radical (unpaired) electrons. The molecule has 0 amide bonds. The van der Waals surface area contributed by atoms with Crippen molar-refractivity contribution in [3.8, 4) is 0 Å². The van der Waals surface area contributed by atoms with Crippen molar-refractivity contribution in [2.24, 2.45) is 5.92 Å². The molecule has 2 rings (SSSR count). The van der Waals surface area contributed by atoms with Crippen LogP contribution < -0.4 is 0 Å². The van der Waals surface area contributed by atoms with E-state index in [1.807, 2.05) is 13.0 Å². The van der Waals surface area contributed by atoms with Crippen LogP contribution in [0.15, 0.2) is 22.7 Å². The highest BCUT2D eigenvalue weighted by Gasteiger charge is 2.26. The SMILES string of the molecule is CCOC(=O)[C@@H]1CCCN(Cc2cc(F)cc(Br)c2)C1. The van der Waals surface area contributed by atoms with E-state index >= 15 is 0 Å². The molecule has 3 nitrogen and oxygen atoms in total. The largest absolute Gasteiger partial charge is 0.466 e. The maximum absolute atomic E-state index is 13.4. The maximum Gasteiger partial charge on any atom is 0.310 e. The predicted octanol–water partition coefficient (Wildman–Crippen LogP) is 3.36. The highest BCUT2D eigenvalue weighted by atomic mass is 79.9. The molecule has 1 saturated heterocycles. The fourth-order valence-corrected chi connectivity index (χ4v) is 3.12. The Balaban J connectivity index is 1.97. The van der Waals surface area contributed by atoms with E-state index in [1.54, 1.807) is 6.07 Å². The van der Waals surface area contributed by atoms with Gasteiger partial charge in [-0.1, -0.05) is 15.9 Å². The Morgan fingerprint density at radius 1 is 1.50 bits per heavy atom. The van der Waals surface area contributed by atoms with Crippen LogP contribution in [0.4, 0.5) is 4.39 Å². The van der Waals surface area contributed by atoms with Gasteiger partial charge in [0, 0.05) is 17.6 Å². The summed E-state index contributed by atoms with van der Waals surface area (Å²) in [6.45, 7) is 4.53. The first-order valence-corrected chi connectivity index (χ1v) is 7.71. The molecule has 1 aromatic carbocycles. The van der Waals surface area contributed by atoms with Crippen molar-refractivity contribution >= 4 is 21.9 Å². The molecule has 1 aliphatic rings. The molecule has 5 heteroatoms. The zero-order valence-electron chi connectivity index (χ0n) is 11.6. The Labute approximate surface area is 127 Å². The number of hydrogen-bond acceptors (Lipinski definition) is 3. The topological polar surface area (TPSA) is 29.5 Å². The van der Waals surface area contributed by atoms with Gasteiger partial charge in [0.2, 0.25) is 0 Å². The van der Waals surface area contributed by atoms with Crippen LogP contribution in [0.25, 0.3) is 0 Å². The number of likely N-dealkylation sites (tertiary alicyclic amines) is 1. The quantitative estimate of drug-likeness (QED) is 0.785. The number of nitrogens with zero attached hydrogens (tertiary/aromatic N) is 1.